The molecule has 1 atom stereocenters. The van der Waals surface area contributed by atoms with Crippen LogP contribution in [-0.2, 0) is 23.4 Å². The summed E-state index contributed by atoms with van der Waals surface area (Å²) in [6.07, 6.45) is 3.40. The predicted molar refractivity (Wildman–Crippen MR) is 85.7 cm³/mol. The molecule has 1 aliphatic heterocycles. The van der Waals surface area contributed by atoms with Crippen LogP contribution in [0.4, 0.5) is 9.18 Å². The molecular formula is C16H16ClFN4O2. The smallest absolute Gasteiger partial charge is 0.325 e. The van der Waals surface area contributed by atoms with Gasteiger partial charge in [-0.05, 0) is 26.0 Å². The van der Waals surface area contributed by atoms with Crippen LogP contribution < -0.4 is 5.32 Å². The Hall–Kier alpha value is -2.41. The molecule has 0 saturated carbocycles. The second kappa shape index (κ2) is 5.90. The van der Waals surface area contributed by atoms with E-state index in [0.29, 0.717) is 17.9 Å². The van der Waals surface area contributed by atoms with Gasteiger partial charge in [0.25, 0.3) is 5.91 Å². The van der Waals surface area contributed by atoms with Gasteiger partial charge in [0, 0.05) is 29.5 Å². The van der Waals surface area contributed by atoms with E-state index < -0.39 is 23.3 Å². The normalized spacial score (nSPS) is 20.6. The van der Waals surface area contributed by atoms with E-state index in [1.165, 1.54) is 12.1 Å². The summed E-state index contributed by atoms with van der Waals surface area (Å²) in [6.45, 7) is 4.23. The Morgan fingerprint density at radius 2 is 2.12 bits per heavy atom. The van der Waals surface area contributed by atoms with Gasteiger partial charge in [0.15, 0.2) is 0 Å². The van der Waals surface area contributed by atoms with Crippen molar-refractivity contribution in [2.75, 3.05) is 0 Å². The van der Waals surface area contributed by atoms with Crippen molar-refractivity contribution in [3.8, 4) is 0 Å². The number of carbonyl (C=O) groups excluding carboxylic acids is 2. The number of nitrogens with one attached hydrogen (secondary N) is 1. The first-order valence-corrected chi connectivity index (χ1v) is 7.84. The van der Waals surface area contributed by atoms with Crippen molar-refractivity contribution in [3.63, 3.8) is 0 Å². The Balaban J connectivity index is 1.93. The summed E-state index contributed by atoms with van der Waals surface area (Å²) < 4.78 is 15.1. The average Bonchev–Trinajstić information content (AvgIpc) is 3.06. The number of imide groups is 1. The van der Waals surface area contributed by atoms with Crippen LogP contribution in [0.2, 0.25) is 5.02 Å². The highest BCUT2D eigenvalue weighted by Crippen LogP contribution is 2.34. The number of imidazole rings is 1. The Morgan fingerprint density at radius 1 is 1.38 bits per heavy atom. The van der Waals surface area contributed by atoms with E-state index in [9.17, 15) is 14.0 Å². The number of halogens is 2. The van der Waals surface area contributed by atoms with Crippen molar-refractivity contribution in [2.24, 2.45) is 0 Å². The molecule has 0 radical (unpaired) electrons. The average molecular weight is 351 g/mol. The molecule has 1 fully saturated rings. The Kier molecular flexibility index (Phi) is 4.04. The van der Waals surface area contributed by atoms with E-state index in [4.69, 9.17) is 11.6 Å². The van der Waals surface area contributed by atoms with Crippen molar-refractivity contribution in [1.29, 1.82) is 0 Å². The number of amides is 3. The minimum atomic E-state index is -1.34. The maximum atomic E-state index is 13.3. The molecule has 0 bridgehead atoms. The molecule has 2 heterocycles. The fourth-order valence-corrected chi connectivity index (χ4v) is 3.20. The molecule has 126 valence electrons. The lowest BCUT2D eigenvalue weighted by atomic mass is 9.92. The molecule has 1 aliphatic rings. The van der Waals surface area contributed by atoms with E-state index in [0.717, 1.165) is 11.0 Å². The maximum absolute atomic E-state index is 13.3. The summed E-state index contributed by atoms with van der Waals surface area (Å²) in [5.41, 5.74) is -0.990. The Labute approximate surface area is 143 Å². The lowest BCUT2D eigenvalue weighted by molar-refractivity contribution is -0.131. The van der Waals surface area contributed by atoms with Gasteiger partial charge in [0.2, 0.25) is 0 Å². The van der Waals surface area contributed by atoms with Crippen molar-refractivity contribution in [2.45, 2.75) is 32.5 Å². The van der Waals surface area contributed by atoms with Gasteiger partial charge in [-0.25, -0.2) is 14.2 Å². The zero-order valence-corrected chi connectivity index (χ0v) is 14.0. The highest BCUT2D eigenvalue weighted by Gasteiger charge is 2.50. The van der Waals surface area contributed by atoms with Crippen molar-refractivity contribution in [3.05, 3.63) is 52.8 Å². The van der Waals surface area contributed by atoms with E-state index >= 15 is 0 Å². The fourth-order valence-electron chi connectivity index (χ4n) is 2.84. The highest BCUT2D eigenvalue weighted by molar-refractivity contribution is 6.32. The number of hydrogen-bond donors (Lipinski definition) is 1. The lowest BCUT2D eigenvalue weighted by Gasteiger charge is -2.23. The second-order valence-corrected chi connectivity index (χ2v) is 6.11. The summed E-state index contributed by atoms with van der Waals surface area (Å²) in [5, 5.41) is 2.74. The standard InChI is InChI=1S/C16H16ClFN4O2/c1-3-21-7-6-19-13(21)9-22-14(23)16(2,20-15(22)24)11-5-4-10(18)8-12(11)17/h4-8H,3,9H2,1-2H3,(H,20,24). The second-order valence-electron chi connectivity index (χ2n) is 5.70. The van der Waals surface area contributed by atoms with Crippen molar-refractivity contribution in [1.82, 2.24) is 19.8 Å². The highest BCUT2D eigenvalue weighted by atomic mass is 35.5. The molecular weight excluding hydrogens is 335 g/mol. The third-order valence-corrected chi connectivity index (χ3v) is 4.50. The molecule has 0 aliphatic carbocycles. The molecule has 6 nitrogen and oxygen atoms in total. The molecule has 1 aromatic carbocycles. The number of nitrogens with zero attached hydrogens (tertiary/aromatic N) is 3. The van der Waals surface area contributed by atoms with Gasteiger partial charge in [-0.15, -0.1) is 0 Å². The number of aromatic nitrogens is 2. The lowest BCUT2D eigenvalue weighted by Crippen LogP contribution is -2.41. The minimum Gasteiger partial charge on any atom is -0.334 e. The van der Waals surface area contributed by atoms with E-state index in [-0.39, 0.29) is 11.6 Å². The van der Waals surface area contributed by atoms with Gasteiger partial charge in [0.1, 0.15) is 17.2 Å². The molecule has 1 N–H and O–H groups in total. The molecule has 8 heteroatoms. The number of urea groups is 1. The summed E-state index contributed by atoms with van der Waals surface area (Å²) in [6, 6.07) is 3.20. The summed E-state index contributed by atoms with van der Waals surface area (Å²) in [7, 11) is 0. The number of rotatable bonds is 4. The largest absolute Gasteiger partial charge is 0.334 e. The first kappa shape index (κ1) is 16.4. The SMILES string of the molecule is CCn1ccnc1CN1C(=O)NC(C)(c2ccc(F)cc2Cl)C1=O. The van der Waals surface area contributed by atoms with Crippen molar-refractivity contribution >= 4 is 23.5 Å². The molecule has 1 aromatic heterocycles. The van der Waals surface area contributed by atoms with Gasteiger partial charge >= 0.3 is 6.03 Å². The first-order valence-electron chi connectivity index (χ1n) is 7.46. The van der Waals surface area contributed by atoms with Gasteiger partial charge < -0.3 is 9.88 Å². The van der Waals surface area contributed by atoms with Crippen LogP contribution in [-0.4, -0.2) is 26.4 Å². The Morgan fingerprint density at radius 3 is 2.79 bits per heavy atom. The number of aryl methyl sites for hydroxylation is 1. The van der Waals surface area contributed by atoms with Crippen LogP contribution in [0.15, 0.2) is 30.6 Å². The molecule has 3 amide bonds. The number of hydrogen-bond acceptors (Lipinski definition) is 3. The van der Waals surface area contributed by atoms with Crippen LogP contribution in [0.25, 0.3) is 0 Å². The van der Waals surface area contributed by atoms with Gasteiger partial charge in [0.05, 0.1) is 6.54 Å². The first-order chi connectivity index (χ1) is 11.4. The van der Waals surface area contributed by atoms with E-state index in [2.05, 4.69) is 10.3 Å². The summed E-state index contributed by atoms with van der Waals surface area (Å²) in [4.78, 5) is 30.4. The minimum absolute atomic E-state index is 0.0555. The molecule has 1 saturated heterocycles. The van der Waals surface area contributed by atoms with Gasteiger partial charge in [-0.2, -0.15) is 0 Å². The monoisotopic (exact) mass is 350 g/mol. The van der Waals surface area contributed by atoms with Crippen LogP contribution in [0.3, 0.4) is 0 Å². The molecule has 24 heavy (non-hydrogen) atoms. The van der Waals surface area contributed by atoms with Crippen LogP contribution in [0.1, 0.15) is 25.2 Å². The topological polar surface area (TPSA) is 67.2 Å². The van der Waals surface area contributed by atoms with E-state index in [1.54, 1.807) is 19.3 Å². The fraction of sp³-hybridized carbons (Fsp3) is 0.312. The van der Waals surface area contributed by atoms with E-state index in [1.807, 2.05) is 11.5 Å². The molecule has 1 unspecified atom stereocenters. The zero-order valence-electron chi connectivity index (χ0n) is 13.2. The maximum Gasteiger partial charge on any atom is 0.325 e. The van der Waals surface area contributed by atoms with Crippen molar-refractivity contribution < 1.29 is 14.0 Å². The number of benzene rings is 1. The third-order valence-electron chi connectivity index (χ3n) is 4.19. The molecule has 2 aromatic rings. The molecule has 0 spiro atoms. The van der Waals surface area contributed by atoms with Crippen LogP contribution in [0, 0.1) is 5.82 Å². The predicted octanol–water partition coefficient (Wildman–Crippen LogP) is 2.66. The zero-order chi connectivity index (χ0) is 17.5. The quantitative estimate of drug-likeness (QED) is 0.862. The van der Waals surface area contributed by atoms with Gasteiger partial charge in [-0.1, -0.05) is 17.7 Å². The number of carbonyl (C=O) groups is 2. The van der Waals surface area contributed by atoms with Crippen LogP contribution in [0.5, 0.6) is 0 Å². The van der Waals surface area contributed by atoms with Crippen LogP contribution >= 0.6 is 11.6 Å². The third kappa shape index (κ3) is 2.54. The summed E-state index contributed by atoms with van der Waals surface area (Å²) >= 11 is 6.07. The summed E-state index contributed by atoms with van der Waals surface area (Å²) in [5.74, 6) is -0.354. The Bertz CT molecular complexity index is 822. The molecule has 3 rings (SSSR count). The van der Waals surface area contributed by atoms with Gasteiger partial charge in [-0.3, -0.25) is 9.69 Å².